The van der Waals surface area contributed by atoms with Crippen molar-refractivity contribution in [3.8, 4) is 5.75 Å². The Morgan fingerprint density at radius 2 is 2.10 bits per heavy atom. The van der Waals surface area contributed by atoms with Gasteiger partial charge in [-0.05, 0) is 19.1 Å². The fraction of sp³-hybridized carbons (Fsp3) is 0.417. The third-order valence-corrected chi connectivity index (χ3v) is 3.47. The molecule has 0 aliphatic heterocycles. The van der Waals surface area contributed by atoms with Gasteiger partial charge in [-0.25, -0.2) is 8.42 Å². The van der Waals surface area contributed by atoms with E-state index in [4.69, 9.17) is 20.6 Å². The van der Waals surface area contributed by atoms with Gasteiger partial charge in [0.1, 0.15) is 18.2 Å². The fourth-order valence-electron chi connectivity index (χ4n) is 1.36. The number of ether oxygens (including phenoxy) is 2. The molecule has 1 aromatic carbocycles. The van der Waals surface area contributed by atoms with Crippen molar-refractivity contribution in [1.29, 1.82) is 5.41 Å². The van der Waals surface area contributed by atoms with E-state index in [9.17, 15) is 8.42 Å². The second kappa shape index (κ2) is 7.71. The van der Waals surface area contributed by atoms with Gasteiger partial charge in [0, 0.05) is 6.61 Å². The van der Waals surface area contributed by atoms with Crippen molar-refractivity contribution in [2.75, 3.05) is 30.3 Å². The second-order valence-electron chi connectivity index (χ2n) is 3.93. The minimum Gasteiger partial charge on any atom is -0.484 e. The number of benzene rings is 1. The van der Waals surface area contributed by atoms with Gasteiger partial charge in [0.15, 0.2) is 0 Å². The van der Waals surface area contributed by atoms with Crippen LogP contribution in [0.1, 0.15) is 6.92 Å². The van der Waals surface area contributed by atoms with Crippen molar-refractivity contribution in [2.45, 2.75) is 6.92 Å². The van der Waals surface area contributed by atoms with E-state index in [2.05, 4.69) is 4.72 Å². The maximum absolute atomic E-state index is 11.9. The topological polar surface area (TPSA) is 115 Å². The molecule has 8 heteroatoms. The lowest BCUT2D eigenvalue weighted by Gasteiger charge is -2.13. The highest BCUT2D eigenvalue weighted by atomic mass is 32.2. The van der Waals surface area contributed by atoms with Gasteiger partial charge in [-0.2, -0.15) is 0 Å². The first-order valence-corrected chi connectivity index (χ1v) is 7.73. The van der Waals surface area contributed by atoms with Crippen LogP contribution in [0.5, 0.6) is 5.75 Å². The predicted molar refractivity (Wildman–Crippen MR) is 77.8 cm³/mol. The zero-order chi connectivity index (χ0) is 15.0. The first-order chi connectivity index (χ1) is 9.44. The normalized spacial score (nSPS) is 11.1. The number of sulfonamides is 1. The molecular weight excluding hydrogens is 282 g/mol. The SMILES string of the molecule is CCOCCS(=O)(=O)Nc1ccccc1OCC(=N)N. The van der Waals surface area contributed by atoms with Crippen molar-refractivity contribution < 1.29 is 17.9 Å². The molecule has 4 N–H and O–H groups in total. The molecule has 112 valence electrons. The fourth-order valence-corrected chi connectivity index (χ4v) is 2.31. The molecule has 0 radical (unpaired) electrons. The summed E-state index contributed by atoms with van der Waals surface area (Å²) >= 11 is 0. The van der Waals surface area contributed by atoms with Gasteiger partial charge in [-0.3, -0.25) is 10.1 Å². The van der Waals surface area contributed by atoms with E-state index in [0.29, 0.717) is 18.0 Å². The quantitative estimate of drug-likeness (QED) is 0.354. The Kier molecular flexibility index (Phi) is 6.26. The number of nitrogens with two attached hydrogens (primary N) is 1. The molecule has 0 atom stereocenters. The highest BCUT2D eigenvalue weighted by Gasteiger charge is 2.13. The van der Waals surface area contributed by atoms with Crippen LogP contribution in [0.2, 0.25) is 0 Å². The van der Waals surface area contributed by atoms with Crippen molar-refractivity contribution in [1.82, 2.24) is 0 Å². The van der Waals surface area contributed by atoms with E-state index in [0.717, 1.165) is 0 Å². The Morgan fingerprint density at radius 3 is 2.75 bits per heavy atom. The molecule has 0 amide bonds. The molecule has 0 heterocycles. The Bertz CT molecular complexity index is 545. The molecule has 0 aliphatic carbocycles. The highest BCUT2D eigenvalue weighted by molar-refractivity contribution is 7.92. The van der Waals surface area contributed by atoms with Crippen LogP contribution in [0.25, 0.3) is 0 Å². The summed E-state index contributed by atoms with van der Waals surface area (Å²) in [6, 6.07) is 6.56. The largest absolute Gasteiger partial charge is 0.484 e. The molecule has 0 bridgehead atoms. The molecule has 0 saturated carbocycles. The van der Waals surface area contributed by atoms with Crippen molar-refractivity contribution in [2.24, 2.45) is 5.73 Å². The smallest absolute Gasteiger partial charge is 0.235 e. The van der Waals surface area contributed by atoms with Crippen LogP contribution in [-0.4, -0.2) is 39.8 Å². The lowest BCUT2D eigenvalue weighted by atomic mass is 10.3. The summed E-state index contributed by atoms with van der Waals surface area (Å²) in [5.41, 5.74) is 5.51. The van der Waals surface area contributed by atoms with E-state index >= 15 is 0 Å². The zero-order valence-corrected chi connectivity index (χ0v) is 12.1. The van der Waals surface area contributed by atoms with Gasteiger partial charge in [0.2, 0.25) is 10.0 Å². The summed E-state index contributed by atoms with van der Waals surface area (Å²) < 4.78 is 36.4. The average molecular weight is 301 g/mol. The van der Waals surface area contributed by atoms with E-state index in [1.807, 2.05) is 0 Å². The maximum atomic E-state index is 11.9. The van der Waals surface area contributed by atoms with Crippen molar-refractivity contribution >= 4 is 21.5 Å². The Hall–Kier alpha value is -1.80. The van der Waals surface area contributed by atoms with Crippen molar-refractivity contribution in [3.63, 3.8) is 0 Å². The second-order valence-corrected chi connectivity index (χ2v) is 5.77. The molecule has 0 unspecified atom stereocenters. The summed E-state index contributed by atoms with van der Waals surface area (Å²) in [4.78, 5) is 0. The van der Waals surface area contributed by atoms with Crippen LogP contribution >= 0.6 is 0 Å². The molecule has 0 fully saturated rings. The number of anilines is 1. The summed E-state index contributed by atoms with van der Waals surface area (Å²) in [7, 11) is -3.51. The molecule has 0 aromatic heterocycles. The van der Waals surface area contributed by atoms with Gasteiger partial charge < -0.3 is 15.2 Å². The highest BCUT2D eigenvalue weighted by Crippen LogP contribution is 2.24. The molecule has 1 aromatic rings. The number of hydrogen-bond donors (Lipinski definition) is 3. The summed E-state index contributed by atoms with van der Waals surface area (Å²) in [6.45, 7) is 2.29. The third kappa shape index (κ3) is 5.89. The minimum atomic E-state index is -3.51. The van der Waals surface area contributed by atoms with E-state index in [1.165, 1.54) is 0 Å². The Labute approximate surface area is 118 Å². The van der Waals surface area contributed by atoms with Gasteiger partial charge in [0.05, 0.1) is 18.0 Å². The number of amidine groups is 1. The number of nitrogens with one attached hydrogen (secondary N) is 2. The van der Waals surface area contributed by atoms with Crippen LogP contribution < -0.4 is 15.2 Å². The number of para-hydroxylation sites is 2. The molecule has 0 saturated heterocycles. The van der Waals surface area contributed by atoms with Crippen LogP contribution in [-0.2, 0) is 14.8 Å². The van der Waals surface area contributed by atoms with E-state index in [1.54, 1.807) is 31.2 Å². The standard InChI is InChI=1S/C12H19N3O4S/c1-2-18-7-8-20(16,17)15-10-5-3-4-6-11(10)19-9-12(13)14/h3-6,15H,2,7-9H2,1H3,(H3,13,14). The minimum absolute atomic E-state index is 0.0995. The molecule has 1 rings (SSSR count). The van der Waals surface area contributed by atoms with Gasteiger partial charge in [-0.15, -0.1) is 0 Å². The van der Waals surface area contributed by atoms with Crippen molar-refractivity contribution in [3.05, 3.63) is 24.3 Å². The Balaban J connectivity index is 2.73. The van der Waals surface area contributed by atoms with Gasteiger partial charge >= 0.3 is 0 Å². The van der Waals surface area contributed by atoms with E-state index < -0.39 is 10.0 Å². The third-order valence-electron chi connectivity index (χ3n) is 2.24. The lowest BCUT2D eigenvalue weighted by Crippen LogP contribution is -2.22. The lowest BCUT2D eigenvalue weighted by molar-refractivity contribution is 0.163. The van der Waals surface area contributed by atoms with Crippen LogP contribution in [0, 0.1) is 5.41 Å². The predicted octanol–water partition coefficient (Wildman–Crippen LogP) is 0.780. The first kappa shape index (κ1) is 16.3. The monoisotopic (exact) mass is 301 g/mol. The summed E-state index contributed by atoms with van der Waals surface area (Å²) in [5.74, 6) is 0.0451. The molecule has 0 aliphatic rings. The Morgan fingerprint density at radius 1 is 1.40 bits per heavy atom. The number of hydrogen-bond acceptors (Lipinski definition) is 5. The maximum Gasteiger partial charge on any atom is 0.235 e. The van der Waals surface area contributed by atoms with Gasteiger partial charge in [-0.1, -0.05) is 12.1 Å². The molecular formula is C12H19N3O4S. The van der Waals surface area contributed by atoms with Crippen LogP contribution in [0.15, 0.2) is 24.3 Å². The van der Waals surface area contributed by atoms with Gasteiger partial charge in [0.25, 0.3) is 0 Å². The molecule has 0 spiro atoms. The molecule has 7 nitrogen and oxygen atoms in total. The summed E-state index contributed by atoms with van der Waals surface area (Å²) in [6.07, 6.45) is 0. The first-order valence-electron chi connectivity index (χ1n) is 6.07. The number of rotatable bonds is 9. The van der Waals surface area contributed by atoms with Crippen LogP contribution in [0.4, 0.5) is 5.69 Å². The summed E-state index contributed by atoms with van der Waals surface area (Å²) in [5, 5.41) is 7.10. The van der Waals surface area contributed by atoms with E-state index in [-0.39, 0.29) is 24.8 Å². The molecule has 20 heavy (non-hydrogen) atoms. The average Bonchev–Trinajstić information content (AvgIpc) is 2.37. The van der Waals surface area contributed by atoms with Crippen LogP contribution in [0.3, 0.4) is 0 Å². The zero-order valence-electron chi connectivity index (χ0n) is 11.3.